The molecule has 1 N–H and O–H groups in total. The van der Waals surface area contributed by atoms with Crippen LogP contribution in [0.3, 0.4) is 0 Å². The lowest BCUT2D eigenvalue weighted by Gasteiger charge is -2.10. The molecule has 0 radical (unpaired) electrons. The van der Waals surface area contributed by atoms with Gasteiger partial charge >= 0.3 is 6.09 Å². The highest BCUT2D eigenvalue weighted by molar-refractivity contribution is 6.42. The first-order valence-corrected chi connectivity index (χ1v) is 8.20. The fourth-order valence-corrected chi connectivity index (χ4v) is 2.32. The number of halogens is 2. The van der Waals surface area contributed by atoms with E-state index < -0.39 is 6.09 Å². The minimum Gasteiger partial charge on any atom is -0.297 e. The number of rotatable bonds is 4. The number of carbonyl (C=O) groups is 1. The maximum atomic E-state index is 11.9. The molecular formula is C18H18Cl2N2O2. The Morgan fingerprint density at radius 1 is 1.08 bits per heavy atom. The average molecular weight is 365 g/mol. The number of nitrogens with one attached hydrogen (secondary N) is 1. The van der Waals surface area contributed by atoms with Gasteiger partial charge in [-0.05, 0) is 36.6 Å². The van der Waals surface area contributed by atoms with Gasteiger partial charge in [-0.3, -0.25) is 10.2 Å². The molecule has 4 nitrogen and oxygen atoms in total. The van der Waals surface area contributed by atoms with Gasteiger partial charge in [-0.2, -0.15) is 0 Å². The van der Waals surface area contributed by atoms with E-state index in [1.54, 1.807) is 12.1 Å². The lowest BCUT2D eigenvalue weighted by Crippen LogP contribution is -2.15. The standard InChI is InChI=1S/C18H18Cl2N2O2/c1-11(2)17(13-6-4-12(3)5-7-13)22-24-18(23)21-14-8-9-15(19)16(20)10-14/h4-11H,1-3H3,(H,21,23). The molecule has 0 aliphatic heterocycles. The zero-order chi connectivity index (χ0) is 17.7. The van der Waals surface area contributed by atoms with Crippen molar-refractivity contribution >= 4 is 40.7 Å². The van der Waals surface area contributed by atoms with Crippen LogP contribution in [-0.4, -0.2) is 11.8 Å². The van der Waals surface area contributed by atoms with E-state index in [2.05, 4.69) is 10.5 Å². The molecule has 1 amide bonds. The normalized spacial score (nSPS) is 11.5. The molecular weight excluding hydrogens is 347 g/mol. The van der Waals surface area contributed by atoms with E-state index in [1.165, 1.54) is 6.07 Å². The maximum absolute atomic E-state index is 11.9. The van der Waals surface area contributed by atoms with Crippen LogP contribution in [0.1, 0.15) is 25.0 Å². The first kappa shape index (κ1) is 18.3. The van der Waals surface area contributed by atoms with Crippen LogP contribution < -0.4 is 5.32 Å². The van der Waals surface area contributed by atoms with Crippen LogP contribution in [0.4, 0.5) is 10.5 Å². The van der Waals surface area contributed by atoms with Gasteiger partial charge in [0.1, 0.15) is 0 Å². The molecule has 0 spiro atoms. The summed E-state index contributed by atoms with van der Waals surface area (Å²) < 4.78 is 0. The van der Waals surface area contributed by atoms with Gasteiger partial charge in [0.15, 0.2) is 0 Å². The van der Waals surface area contributed by atoms with Crippen molar-refractivity contribution in [1.29, 1.82) is 0 Å². The molecule has 24 heavy (non-hydrogen) atoms. The summed E-state index contributed by atoms with van der Waals surface area (Å²) in [5.41, 5.74) is 3.24. The lowest BCUT2D eigenvalue weighted by molar-refractivity contribution is 0.166. The Morgan fingerprint density at radius 2 is 1.75 bits per heavy atom. The minimum atomic E-state index is -0.696. The van der Waals surface area contributed by atoms with E-state index in [0.717, 1.165) is 11.1 Å². The average Bonchev–Trinajstić information content (AvgIpc) is 2.52. The number of nitrogens with zero attached hydrogens (tertiary/aromatic N) is 1. The topological polar surface area (TPSA) is 50.7 Å². The summed E-state index contributed by atoms with van der Waals surface area (Å²) in [5, 5.41) is 7.32. The van der Waals surface area contributed by atoms with Gasteiger partial charge in [0.25, 0.3) is 0 Å². The highest BCUT2D eigenvalue weighted by Crippen LogP contribution is 2.25. The molecule has 0 bridgehead atoms. The molecule has 0 saturated carbocycles. The molecule has 0 aliphatic rings. The van der Waals surface area contributed by atoms with Crippen LogP contribution in [0.5, 0.6) is 0 Å². The number of amides is 1. The highest BCUT2D eigenvalue weighted by atomic mass is 35.5. The van der Waals surface area contributed by atoms with Gasteiger partial charge in [-0.15, -0.1) is 0 Å². The Kier molecular flexibility index (Phi) is 6.23. The van der Waals surface area contributed by atoms with Crippen LogP contribution in [0, 0.1) is 12.8 Å². The molecule has 6 heteroatoms. The molecule has 0 heterocycles. The van der Waals surface area contributed by atoms with Crippen molar-refractivity contribution in [3.05, 3.63) is 63.6 Å². The van der Waals surface area contributed by atoms with Gasteiger partial charge in [0.2, 0.25) is 0 Å². The number of benzene rings is 2. The number of aryl methyl sites for hydroxylation is 1. The molecule has 0 aromatic heterocycles. The Labute approximate surface area is 151 Å². The summed E-state index contributed by atoms with van der Waals surface area (Å²) in [6.45, 7) is 5.98. The highest BCUT2D eigenvalue weighted by Gasteiger charge is 2.11. The molecule has 2 aromatic rings. The van der Waals surface area contributed by atoms with Crippen molar-refractivity contribution in [2.45, 2.75) is 20.8 Å². The van der Waals surface area contributed by atoms with Gasteiger partial charge < -0.3 is 0 Å². The molecule has 0 aliphatic carbocycles. The van der Waals surface area contributed by atoms with Crippen LogP contribution in [0.15, 0.2) is 47.6 Å². The third-order valence-electron chi connectivity index (χ3n) is 3.29. The molecule has 0 unspecified atom stereocenters. The van der Waals surface area contributed by atoms with Crippen molar-refractivity contribution in [3.8, 4) is 0 Å². The fraction of sp³-hybridized carbons (Fsp3) is 0.222. The van der Waals surface area contributed by atoms with Gasteiger partial charge in [0.05, 0.1) is 15.8 Å². The second-order valence-electron chi connectivity index (χ2n) is 5.63. The van der Waals surface area contributed by atoms with E-state index >= 15 is 0 Å². The first-order valence-electron chi connectivity index (χ1n) is 7.45. The number of carbonyl (C=O) groups excluding carboxylic acids is 1. The number of oxime groups is 1. The summed E-state index contributed by atoms with van der Waals surface area (Å²) in [4.78, 5) is 16.9. The molecule has 126 valence electrons. The Bertz CT molecular complexity index is 756. The van der Waals surface area contributed by atoms with E-state index in [1.807, 2.05) is 45.0 Å². The predicted molar refractivity (Wildman–Crippen MR) is 99.1 cm³/mol. The summed E-state index contributed by atoms with van der Waals surface area (Å²) in [6, 6.07) is 12.6. The van der Waals surface area contributed by atoms with Crippen molar-refractivity contribution in [3.63, 3.8) is 0 Å². The quantitative estimate of drug-likeness (QED) is 0.416. The monoisotopic (exact) mass is 364 g/mol. The predicted octanol–water partition coefficient (Wildman–Crippen LogP) is 5.91. The van der Waals surface area contributed by atoms with Crippen LogP contribution in [0.25, 0.3) is 0 Å². The van der Waals surface area contributed by atoms with Gasteiger partial charge in [0, 0.05) is 5.69 Å². The molecule has 0 atom stereocenters. The first-order chi connectivity index (χ1) is 11.4. The molecule has 0 fully saturated rings. The summed E-state index contributed by atoms with van der Waals surface area (Å²) in [7, 11) is 0. The summed E-state index contributed by atoms with van der Waals surface area (Å²) >= 11 is 11.7. The fourth-order valence-electron chi connectivity index (χ4n) is 2.02. The van der Waals surface area contributed by atoms with E-state index in [9.17, 15) is 4.79 Å². The Hall–Kier alpha value is -2.04. The van der Waals surface area contributed by atoms with E-state index in [4.69, 9.17) is 28.0 Å². The van der Waals surface area contributed by atoms with Gasteiger partial charge in [-0.1, -0.05) is 72.0 Å². The number of anilines is 1. The van der Waals surface area contributed by atoms with E-state index in [-0.39, 0.29) is 5.92 Å². The second kappa shape index (κ2) is 8.18. The Balaban J connectivity index is 2.09. The lowest BCUT2D eigenvalue weighted by atomic mass is 9.99. The zero-order valence-corrected chi connectivity index (χ0v) is 15.2. The van der Waals surface area contributed by atoms with Crippen molar-refractivity contribution in [1.82, 2.24) is 0 Å². The zero-order valence-electron chi connectivity index (χ0n) is 13.6. The molecule has 0 saturated heterocycles. The molecule has 2 aromatic carbocycles. The Morgan fingerprint density at radius 3 is 2.33 bits per heavy atom. The third kappa shape index (κ3) is 4.98. The van der Waals surface area contributed by atoms with Crippen molar-refractivity contribution in [2.75, 3.05) is 5.32 Å². The maximum Gasteiger partial charge on any atom is 0.437 e. The van der Waals surface area contributed by atoms with Gasteiger partial charge in [-0.25, -0.2) is 4.79 Å². The summed E-state index contributed by atoms with van der Waals surface area (Å²) in [6.07, 6.45) is -0.696. The largest absolute Gasteiger partial charge is 0.437 e. The minimum absolute atomic E-state index is 0.102. The van der Waals surface area contributed by atoms with Crippen LogP contribution in [-0.2, 0) is 4.84 Å². The van der Waals surface area contributed by atoms with Crippen molar-refractivity contribution < 1.29 is 9.63 Å². The van der Waals surface area contributed by atoms with Crippen molar-refractivity contribution in [2.24, 2.45) is 11.1 Å². The third-order valence-corrected chi connectivity index (χ3v) is 4.03. The second-order valence-corrected chi connectivity index (χ2v) is 6.44. The van der Waals surface area contributed by atoms with Crippen LogP contribution >= 0.6 is 23.2 Å². The van der Waals surface area contributed by atoms with Crippen LogP contribution in [0.2, 0.25) is 10.0 Å². The number of hydrogen-bond donors (Lipinski definition) is 1. The molecule has 2 rings (SSSR count). The summed E-state index contributed by atoms with van der Waals surface area (Å²) in [5.74, 6) is 0.102. The SMILES string of the molecule is Cc1ccc(C(=NOC(=O)Nc2ccc(Cl)c(Cl)c2)C(C)C)cc1. The smallest absolute Gasteiger partial charge is 0.297 e. The van der Waals surface area contributed by atoms with E-state index in [0.29, 0.717) is 21.4 Å². The number of hydrogen-bond acceptors (Lipinski definition) is 3.